The van der Waals surface area contributed by atoms with E-state index in [4.69, 9.17) is 0 Å². The van der Waals surface area contributed by atoms with Crippen molar-refractivity contribution < 1.29 is 0 Å². The molecular formula is C18H32N4. The van der Waals surface area contributed by atoms with Crippen molar-refractivity contribution in [3.05, 3.63) is 18.5 Å². The third-order valence-electron chi connectivity index (χ3n) is 4.84. The average Bonchev–Trinajstić information content (AvgIpc) is 2.60. The average molecular weight is 304 g/mol. The van der Waals surface area contributed by atoms with E-state index < -0.39 is 0 Å². The Hall–Kier alpha value is -1.16. The molecule has 2 saturated heterocycles. The summed E-state index contributed by atoms with van der Waals surface area (Å²) >= 11 is 0. The second kappa shape index (κ2) is 9.09. The number of rotatable bonds is 3. The zero-order valence-corrected chi connectivity index (χ0v) is 14.5. The Kier molecular flexibility index (Phi) is 7.10. The Morgan fingerprint density at radius 1 is 0.955 bits per heavy atom. The monoisotopic (exact) mass is 304 g/mol. The smallest absolute Gasteiger partial charge is 0.225 e. The fourth-order valence-corrected chi connectivity index (χ4v) is 3.38. The summed E-state index contributed by atoms with van der Waals surface area (Å²) in [5.41, 5.74) is 0. The second-order valence-electron chi connectivity index (χ2n) is 6.46. The van der Waals surface area contributed by atoms with E-state index >= 15 is 0 Å². The lowest BCUT2D eigenvalue weighted by Gasteiger charge is -2.37. The fourth-order valence-electron chi connectivity index (χ4n) is 3.38. The molecule has 0 atom stereocenters. The summed E-state index contributed by atoms with van der Waals surface area (Å²) in [5, 5.41) is 0. The second-order valence-corrected chi connectivity index (χ2v) is 6.46. The first-order valence-electron chi connectivity index (χ1n) is 9.05. The van der Waals surface area contributed by atoms with Gasteiger partial charge in [0, 0.05) is 32.0 Å². The molecule has 0 amide bonds. The van der Waals surface area contributed by atoms with Gasteiger partial charge in [-0.1, -0.05) is 20.8 Å². The van der Waals surface area contributed by atoms with Crippen LogP contribution < -0.4 is 4.90 Å². The molecule has 0 spiro atoms. The summed E-state index contributed by atoms with van der Waals surface area (Å²) in [5.74, 6) is 2.70. The zero-order chi connectivity index (χ0) is 15.8. The largest absolute Gasteiger partial charge is 0.341 e. The number of nitrogens with zero attached hydrogens (tertiary/aromatic N) is 4. The highest BCUT2D eigenvalue weighted by Gasteiger charge is 2.24. The van der Waals surface area contributed by atoms with Gasteiger partial charge in [0.05, 0.1) is 0 Å². The van der Waals surface area contributed by atoms with E-state index in [9.17, 15) is 0 Å². The lowest BCUT2D eigenvalue weighted by molar-refractivity contribution is 0.156. The lowest BCUT2D eigenvalue weighted by Crippen LogP contribution is -2.41. The molecule has 2 aliphatic rings. The first kappa shape index (κ1) is 17.2. The van der Waals surface area contributed by atoms with Crippen LogP contribution >= 0.6 is 0 Å². The van der Waals surface area contributed by atoms with E-state index in [1.54, 1.807) is 0 Å². The van der Waals surface area contributed by atoms with Gasteiger partial charge in [0.15, 0.2) is 0 Å². The minimum atomic E-state index is 0.864. The number of piperidine rings is 2. The van der Waals surface area contributed by atoms with Crippen LogP contribution in [0.4, 0.5) is 5.95 Å². The minimum absolute atomic E-state index is 0.864. The van der Waals surface area contributed by atoms with Gasteiger partial charge in [-0.05, 0) is 56.7 Å². The minimum Gasteiger partial charge on any atom is -0.341 e. The maximum atomic E-state index is 4.36. The number of anilines is 1. The van der Waals surface area contributed by atoms with Gasteiger partial charge in [0.1, 0.15) is 0 Å². The van der Waals surface area contributed by atoms with Gasteiger partial charge in [0.25, 0.3) is 0 Å². The van der Waals surface area contributed by atoms with Gasteiger partial charge in [-0.25, -0.2) is 9.97 Å². The van der Waals surface area contributed by atoms with Crippen LogP contribution in [0.15, 0.2) is 18.5 Å². The van der Waals surface area contributed by atoms with Crippen LogP contribution in [0.5, 0.6) is 0 Å². The number of hydrogen-bond acceptors (Lipinski definition) is 4. The maximum absolute atomic E-state index is 4.36. The maximum Gasteiger partial charge on any atom is 0.225 e. The standard InChI is InChI=1S/C16H26N4.C2H6/c1-14-3-9-19(10-4-14)13-15-5-11-20(12-6-15)16-17-7-2-8-18-16;1-2/h2,7-8,14-15H,3-6,9-13H2,1H3;1-2H3. The van der Waals surface area contributed by atoms with E-state index in [2.05, 4.69) is 26.7 Å². The van der Waals surface area contributed by atoms with Crippen molar-refractivity contribution in [1.82, 2.24) is 14.9 Å². The molecule has 4 heteroatoms. The Balaban J connectivity index is 0.000000847. The predicted octanol–water partition coefficient (Wildman–Crippen LogP) is 3.45. The zero-order valence-electron chi connectivity index (χ0n) is 14.5. The Morgan fingerprint density at radius 3 is 2.14 bits per heavy atom. The summed E-state index contributed by atoms with van der Waals surface area (Å²) in [7, 11) is 0. The first-order valence-corrected chi connectivity index (χ1v) is 9.05. The topological polar surface area (TPSA) is 32.3 Å². The summed E-state index contributed by atoms with van der Waals surface area (Å²) < 4.78 is 0. The molecule has 0 aromatic carbocycles. The molecule has 1 aromatic heterocycles. The van der Waals surface area contributed by atoms with Crippen LogP contribution in [-0.4, -0.2) is 47.6 Å². The van der Waals surface area contributed by atoms with Crippen LogP contribution in [0.1, 0.15) is 46.5 Å². The van der Waals surface area contributed by atoms with Crippen molar-refractivity contribution in [1.29, 1.82) is 0 Å². The Bertz CT molecular complexity index is 393. The molecule has 0 radical (unpaired) electrons. The highest BCUT2D eigenvalue weighted by Crippen LogP contribution is 2.23. The fraction of sp³-hybridized carbons (Fsp3) is 0.778. The SMILES string of the molecule is CC.CC1CCN(CC2CCN(c3ncccn3)CC2)CC1. The normalized spacial score (nSPS) is 21.3. The van der Waals surface area contributed by atoms with Crippen molar-refractivity contribution >= 4 is 5.95 Å². The molecule has 124 valence electrons. The highest BCUT2D eigenvalue weighted by atomic mass is 15.2. The van der Waals surface area contributed by atoms with Gasteiger partial charge >= 0.3 is 0 Å². The van der Waals surface area contributed by atoms with Crippen LogP contribution in [0.25, 0.3) is 0 Å². The van der Waals surface area contributed by atoms with Crippen molar-refractivity contribution in [2.45, 2.75) is 46.5 Å². The van der Waals surface area contributed by atoms with Gasteiger partial charge in [-0.3, -0.25) is 0 Å². The number of likely N-dealkylation sites (tertiary alicyclic amines) is 1. The molecule has 0 saturated carbocycles. The lowest BCUT2D eigenvalue weighted by atomic mass is 9.93. The molecule has 4 nitrogen and oxygen atoms in total. The van der Waals surface area contributed by atoms with Crippen molar-refractivity contribution in [3.8, 4) is 0 Å². The molecule has 2 fully saturated rings. The van der Waals surface area contributed by atoms with Crippen LogP contribution in [-0.2, 0) is 0 Å². The Labute approximate surface area is 135 Å². The van der Waals surface area contributed by atoms with Crippen molar-refractivity contribution in [3.63, 3.8) is 0 Å². The third kappa shape index (κ3) is 4.94. The molecule has 22 heavy (non-hydrogen) atoms. The molecule has 0 bridgehead atoms. The summed E-state index contributed by atoms with van der Waals surface area (Å²) in [6.45, 7) is 12.5. The molecule has 2 aliphatic heterocycles. The van der Waals surface area contributed by atoms with E-state index in [0.29, 0.717) is 0 Å². The van der Waals surface area contributed by atoms with Gasteiger partial charge in [0.2, 0.25) is 5.95 Å². The molecule has 0 N–H and O–H groups in total. The highest BCUT2D eigenvalue weighted by molar-refractivity contribution is 5.28. The van der Waals surface area contributed by atoms with Crippen molar-refractivity contribution in [2.75, 3.05) is 37.6 Å². The molecule has 0 unspecified atom stereocenters. The molecule has 1 aromatic rings. The number of aromatic nitrogens is 2. The summed E-state index contributed by atoms with van der Waals surface area (Å²) in [6, 6.07) is 1.88. The van der Waals surface area contributed by atoms with Gasteiger partial charge < -0.3 is 9.80 Å². The molecular weight excluding hydrogens is 272 g/mol. The summed E-state index contributed by atoms with van der Waals surface area (Å²) in [4.78, 5) is 13.7. The molecule has 3 rings (SSSR count). The van der Waals surface area contributed by atoms with E-state index in [1.807, 2.05) is 32.3 Å². The van der Waals surface area contributed by atoms with Crippen LogP contribution in [0.2, 0.25) is 0 Å². The Morgan fingerprint density at radius 2 is 1.55 bits per heavy atom. The van der Waals surface area contributed by atoms with Gasteiger partial charge in [-0.15, -0.1) is 0 Å². The van der Waals surface area contributed by atoms with Crippen LogP contribution in [0, 0.1) is 11.8 Å². The predicted molar refractivity (Wildman–Crippen MR) is 93.2 cm³/mol. The quantitative estimate of drug-likeness (QED) is 0.856. The van der Waals surface area contributed by atoms with Gasteiger partial charge in [-0.2, -0.15) is 0 Å². The van der Waals surface area contributed by atoms with Crippen LogP contribution in [0.3, 0.4) is 0 Å². The number of hydrogen-bond donors (Lipinski definition) is 0. The molecule has 3 heterocycles. The van der Waals surface area contributed by atoms with E-state index in [1.165, 1.54) is 45.3 Å². The van der Waals surface area contributed by atoms with Crippen molar-refractivity contribution in [2.24, 2.45) is 11.8 Å². The third-order valence-corrected chi connectivity index (χ3v) is 4.84. The summed E-state index contributed by atoms with van der Waals surface area (Å²) in [6.07, 6.45) is 9.01. The van der Waals surface area contributed by atoms with E-state index in [-0.39, 0.29) is 0 Å². The molecule has 0 aliphatic carbocycles. The first-order chi connectivity index (χ1) is 10.8. The van der Waals surface area contributed by atoms with E-state index in [0.717, 1.165) is 30.9 Å².